The van der Waals surface area contributed by atoms with Crippen molar-refractivity contribution in [2.24, 2.45) is 0 Å². The number of nitrogens with one attached hydrogen (secondary N) is 1. The van der Waals surface area contributed by atoms with E-state index in [9.17, 15) is 4.39 Å². The molecule has 0 bridgehead atoms. The first-order valence-corrected chi connectivity index (χ1v) is 6.56. The summed E-state index contributed by atoms with van der Waals surface area (Å²) in [5.74, 6) is -0.0263. The molecule has 0 fully saturated rings. The molecule has 0 radical (unpaired) electrons. The Hall–Kier alpha value is -0.290. The van der Waals surface area contributed by atoms with Gasteiger partial charge in [-0.3, -0.25) is 0 Å². The van der Waals surface area contributed by atoms with E-state index in [4.69, 9.17) is 0 Å². The lowest BCUT2D eigenvalue weighted by molar-refractivity contribution is 0.620. The molecular weight excluding hydrogens is 279 g/mol. The van der Waals surface area contributed by atoms with E-state index in [1.165, 1.54) is 6.07 Å². The highest BCUT2D eigenvalue weighted by molar-refractivity contribution is 9.10. The molecule has 15 heavy (non-hydrogen) atoms. The zero-order chi connectivity index (χ0) is 11.5. The first-order chi connectivity index (χ1) is 6.94. The molecule has 2 nitrogen and oxygen atoms in total. The third-order valence-electron chi connectivity index (χ3n) is 2.04. The zero-order valence-corrected chi connectivity index (χ0v) is 11.4. The normalized spacial score (nSPS) is 11.5. The van der Waals surface area contributed by atoms with Gasteiger partial charge in [0.15, 0.2) is 11.6 Å². The first kappa shape index (κ1) is 12.8. The Labute approximate surface area is 102 Å². The lowest BCUT2D eigenvalue weighted by Gasteiger charge is -2.22. The summed E-state index contributed by atoms with van der Waals surface area (Å²) in [6, 6.07) is 1.40. The van der Waals surface area contributed by atoms with Crippen LogP contribution in [0.1, 0.15) is 13.8 Å². The zero-order valence-electron chi connectivity index (χ0n) is 8.97. The summed E-state index contributed by atoms with van der Waals surface area (Å²) in [6.45, 7) is 4.88. The number of hydrogen-bond acceptors (Lipinski definition) is 3. The van der Waals surface area contributed by atoms with Crippen LogP contribution < -0.4 is 5.32 Å². The Kier molecular flexibility index (Phi) is 4.40. The van der Waals surface area contributed by atoms with Gasteiger partial charge in [-0.1, -0.05) is 0 Å². The Morgan fingerprint density at radius 3 is 2.80 bits per heavy atom. The molecule has 1 aromatic heterocycles. The molecule has 0 amide bonds. The molecule has 0 atom stereocenters. The van der Waals surface area contributed by atoms with E-state index >= 15 is 0 Å². The second-order valence-corrected chi connectivity index (χ2v) is 6.23. The van der Waals surface area contributed by atoms with Gasteiger partial charge in [0, 0.05) is 22.0 Å². The summed E-state index contributed by atoms with van der Waals surface area (Å²) < 4.78 is 14.1. The first-order valence-electron chi connectivity index (χ1n) is 4.55. The third kappa shape index (κ3) is 3.99. The average molecular weight is 293 g/mol. The quantitative estimate of drug-likeness (QED) is 0.919. The number of nitrogens with zero attached hydrogens (tertiary/aromatic N) is 1. The number of thioether (sulfide) groups is 1. The Balaban J connectivity index is 2.66. The second kappa shape index (κ2) is 5.16. The van der Waals surface area contributed by atoms with Gasteiger partial charge < -0.3 is 5.32 Å². The molecule has 0 aliphatic heterocycles. The monoisotopic (exact) mass is 292 g/mol. The summed E-state index contributed by atoms with van der Waals surface area (Å²) in [5, 5.41) is 3.00. The number of anilines is 1. The minimum Gasteiger partial charge on any atom is -0.366 e. The number of pyridine rings is 1. The Morgan fingerprint density at radius 2 is 2.27 bits per heavy atom. The van der Waals surface area contributed by atoms with Gasteiger partial charge in [0.25, 0.3) is 0 Å². The van der Waals surface area contributed by atoms with Crippen LogP contribution in [-0.4, -0.2) is 22.5 Å². The van der Waals surface area contributed by atoms with E-state index < -0.39 is 0 Å². The van der Waals surface area contributed by atoms with Crippen LogP contribution in [-0.2, 0) is 0 Å². The van der Waals surface area contributed by atoms with Gasteiger partial charge in [0.05, 0.1) is 0 Å². The second-order valence-electron chi connectivity index (χ2n) is 3.80. The maximum atomic E-state index is 13.4. The van der Waals surface area contributed by atoms with Gasteiger partial charge in [-0.25, -0.2) is 9.37 Å². The van der Waals surface area contributed by atoms with Crippen molar-refractivity contribution < 1.29 is 4.39 Å². The van der Waals surface area contributed by atoms with E-state index in [2.05, 4.69) is 40.1 Å². The van der Waals surface area contributed by atoms with Gasteiger partial charge in [-0.15, -0.1) is 0 Å². The molecule has 1 rings (SSSR count). The summed E-state index contributed by atoms with van der Waals surface area (Å²) >= 11 is 4.90. The lowest BCUT2D eigenvalue weighted by atomic mass is 10.2. The molecule has 0 aliphatic rings. The van der Waals surface area contributed by atoms with Crippen molar-refractivity contribution in [3.05, 3.63) is 22.6 Å². The Bertz CT molecular complexity index is 344. The maximum absolute atomic E-state index is 13.4. The molecule has 0 spiro atoms. The van der Waals surface area contributed by atoms with E-state index in [-0.39, 0.29) is 10.6 Å². The molecule has 0 unspecified atom stereocenters. The fourth-order valence-electron chi connectivity index (χ4n) is 0.913. The Morgan fingerprint density at radius 1 is 1.60 bits per heavy atom. The van der Waals surface area contributed by atoms with E-state index in [1.54, 1.807) is 18.0 Å². The van der Waals surface area contributed by atoms with Crippen molar-refractivity contribution in [3.8, 4) is 0 Å². The lowest BCUT2D eigenvalue weighted by Crippen LogP contribution is -2.26. The summed E-state index contributed by atoms with van der Waals surface area (Å²) in [4.78, 5) is 3.97. The maximum Gasteiger partial charge on any atom is 0.166 e. The van der Waals surface area contributed by atoms with Crippen molar-refractivity contribution in [3.63, 3.8) is 0 Å². The van der Waals surface area contributed by atoms with Crippen LogP contribution in [0.15, 0.2) is 16.7 Å². The van der Waals surface area contributed by atoms with Crippen molar-refractivity contribution in [2.75, 3.05) is 18.1 Å². The SMILES string of the molecule is CSC(C)(C)CNc1ncc(Br)cc1F. The summed E-state index contributed by atoms with van der Waals surface area (Å²) in [6.07, 6.45) is 3.62. The summed E-state index contributed by atoms with van der Waals surface area (Å²) in [7, 11) is 0. The predicted octanol–water partition coefficient (Wildman–Crippen LogP) is 3.54. The van der Waals surface area contributed by atoms with E-state index in [1.807, 2.05) is 6.26 Å². The molecule has 0 aliphatic carbocycles. The molecule has 1 heterocycles. The van der Waals surface area contributed by atoms with Crippen LogP contribution in [0, 0.1) is 5.82 Å². The molecule has 1 N–H and O–H groups in total. The number of halogens is 2. The minimum absolute atomic E-state index is 0.0706. The number of rotatable bonds is 4. The van der Waals surface area contributed by atoms with Crippen molar-refractivity contribution in [2.45, 2.75) is 18.6 Å². The van der Waals surface area contributed by atoms with Crippen LogP contribution in [0.25, 0.3) is 0 Å². The van der Waals surface area contributed by atoms with Gasteiger partial charge in [0.1, 0.15) is 0 Å². The molecule has 84 valence electrons. The van der Waals surface area contributed by atoms with Crippen LogP contribution in [0.3, 0.4) is 0 Å². The fourth-order valence-corrected chi connectivity index (χ4v) is 1.43. The minimum atomic E-state index is -0.332. The van der Waals surface area contributed by atoms with Crippen molar-refractivity contribution in [1.82, 2.24) is 4.98 Å². The molecule has 0 saturated carbocycles. The van der Waals surface area contributed by atoms with E-state index in [0.717, 1.165) is 0 Å². The highest BCUT2D eigenvalue weighted by Crippen LogP contribution is 2.22. The third-order valence-corrected chi connectivity index (χ3v) is 3.73. The van der Waals surface area contributed by atoms with Gasteiger partial charge in [-0.05, 0) is 42.1 Å². The van der Waals surface area contributed by atoms with E-state index in [0.29, 0.717) is 16.8 Å². The summed E-state index contributed by atoms with van der Waals surface area (Å²) in [5.41, 5.74) is 0. The highest BCUT2D eigenvalue weighted by atomic mass is 79.9. The van der Waals surface area contributed by atoms with Crippen molar-refractivity contribution >= 4 is 33.5 Å². The van der Waals surface area contributed by atoms with Crippen LogP contribution in [0.5, 0.6) is 0 Å². The standard InChI is InChI=1S/C10H14BrFN2S/c1-10(2,15-3)6-14-9-8(12)4-7(11)5-13-9/h4-5H,6H2,1-3H3,(H,13,14). The molecular formula is C10H14BrFN2S. The van der Waals surface area contributed by atoms with Crippen LogP contribution >= 0.6 is 27.7 Å². The molecule has 0 saturated heterocycles. The molecule has 0 aromatic carbocycles. The number of hydrogen-bond donors (Lipinski definition) is 1. The van der Waals surface area contributed by atoms with Crippen LogP contribution in [0.4, 0.5) is 10.2 Å². The predicted molar refractivity (Wildman–Crippen MR) is 68.0 cm³/mol. The van der Waals surface area contributed by atoms with Gasteiger partial charge >= 0.3 is 0 Å². The van der Waals surface area contributed by atoms with Crippen LogP contribution in [0.2, 0.25) is 0 Å². The van der Waals surface area contributed by atoms with Crippen molar-refractivity contribution in [1.29, 1.82) is 0 Å². The smallest absolute Gasteiger partial charge is 0.166 e. The average Bonchev–Trinajstić information content (AvgIpc) is 2.16. The largest absolute Gasteiger partial charge is 0.366 e. The van der Waals surface area contributed by atoms with Gasteiger partial charge in [-0.2, -0.15) is 11.8 Å². The van der Waals surface area contributed by atoms with Gasteiger partial charge in [0.2, 0.25) is 0 Å². The topological polar surface area (TPSA) is 24.9 Å². The highest BCUT2D eigenvalue weighted by Gasteiger charge is 2.16. The molecule has 5 heteroatoms. The number of aromatic nitrogens is 1. The molecule has 1 aromatic rings. The fraction of sp³-hybridized carbons (Fsp3) is 0.500.